The lowest BCUT2D eigenvalue weighted by molar-refractivity contribution is -0.158. The lowest BCUT2D eigenvalue weighted by Gasteiger charge is -2.30. The van der Waals surface area contributed by atoms with Crippen LogP contribution in [-0.2, 0) is 14.3 Å². The fourth-order valence-electron chi connectivity index (χ4n) is 1.91. The van der Waals surface area contributed by atoms with E-state index in [0.29, 0.717) is 11.0 Å². The number of amides is 1. The highest BCUT2D eigenvalue weighted by Crippen LogP contribution is 2.17. The minimum absolute atomic E-state index is 0.0144. The highest BCUT2D eigenvalue weighted by atomic mass is 79.9. The van der Waals surface area contributed by atoms with Crippen molar-refractivity contribution in [3.05, 3.63) is 40.1 Å². The van der Waals surface area contributed by atoms with Crippen molar-refractivity contribution in [2.75, 3.05) is 19.7 Å². The van der Waals surface area contributed by atoms with Crippen molar-refractivity contribution >= 4 is 33.9 Å². The highest BCUT2D eigenvalue weighted by Gasteiger charge is 2.27. The molecule has 0 radical (unpaired) electrons. The second-order valence-corrected chi connectivity index (χ2v) is 5.40. The van der Waals surface area contributed by atoms with Crippen LogP contribution in [0, 0.1) is 5.82 Å². The van der Waals surface area contributed by atoms with Crippen molar-refractivity contribution < 1.29 is 23.8 Å². The normalized spacial score (nSPS) is 19.0. The first-order chi connectivity index (χ1) is 9.97. The first kappa shape index (κ1) is 15.7. The third kappa shape index (κ3) is 4.12. The van der Waals surface area contributed by atoms with Crippen LogP contribution in [0.2, 0.25) is 0 Å². The van der Waals surface area contributed by atoms with Crippen molar-refractivity contribution in [2.45, 2.75) is 6.10 Å². The molecule has 1 fully saturated rings. The Kier molecular flexibility index (Phi) is 5.08. The number of aliphatic carboxylic acids is 1. The van der Waals surface area contributed by atoms with Gasteiger partial charge in [0.15, 0.2) is 6.10 Å². The molecule has 1 heterocycles. The number of hydrogen-bond acceptors (Lipinski definition) is 3. The lowest BCUT2D eigenvalue weighted by Crippen LogP contribution is -2.48. The Bertz CT molecular complexity index is 590. The summed E-state index contributed by atoms with van der Waals surface area (Å²) < 4.78 is 19.3. The molecule has 0 aliphatic carbocycles. The standard InChI is InChI=1S/C14H13BrFNO4/c15-10-2-3-11(16)9(7-10)1-4-13(18)17-5-6-21-12(8-17)14(19)20/h1-4,7,12H,5-6,8H2,(H,19,20). The molecule has 1 aromatic rings. The van der Waals surface area contributed by atoms with Gasteiger partial charge in [-0.15, -0.1) is 0 Å². The van der Waals surface area contributed by atoms with Crippen LogP contribution in [0.3, 0.4) is 0 Å². The van der Waals surface area contributed by atoms with E-state index in [0.717, 1.165) is 0 Å². The Morgan fingerprint density at radius 1 is 1.48 bits per heavy atom. The average Bonchev–Trinajstić information content (AvgIpc) is 2.48. The van der Waals surface area contributed by atoms with Gasteiger partial charge in [-0.2, -0.15) is 0 Å². The van der Waals surface area contributed by atoms with Crippen LogP contribution in [-0.4, -0.2) is 47.7 Å². The van der Waals surface area contributed by atoms with Gasteiger partial charge in [-0.3, -0.25) is 4.79 Å². The SMILES string of the molecule is O=C(O)C1CN(C(=O)C=Cc2cc(Br)ccc2F)CCO1. The van der Waals surface area contributed by atoms with Crippen LogP contribution in [0.4, 0.5) is 4.39 Å². The molecule has 1 unspecified atom stereocenters. The Morgan fingerprint density at radius 3 is 2.95 bits per heavy atom. The molecule has 1 amide bonds. The number of carbonyl (C=O) groups excluding carboxylic acids is 1. The average molecular weight is 358 g/mol. The zero-order valence-corrected chi connectivity index (χ0v) is 12.5. The Hall–Kier alpha value is -1.73. The predicted molar refractivity (Wildman–Crippen MR) is 77.1 cm³/mol. The molecule has 5 nitrogen and oxygen atoms in total. The minimum Gasteiger partial charge on any atom is -0.479 e. The van der Waals surface area contributed by atoms with Crippen molar-refractivity contribution in [3.63, 3.8) is 0 Å². The first-order valence-corrected chi connectivity index (χ1v) is 7.03. The van der Waals surface area contributed by atoms with E-state index in [1.807, 2.05) is 0 Å². The monoisotopic (exact) mass is 357 g/mol. The summed E-state index contributed by atoms with van der Waals surface area (Å²) in [5.74, 6) is -1.91. The van der Waals surface area contributed by atoms with Crippen LogP contribution in [0.1, 0.15) is 5.56 Å². The van der Waals surface area contributed by atoms with Gasteiger partial charge < -0.3 is 14.7 Å². The zero-order valence-electron chi connectivity index (χ0n) is 11.0. The smallest absolute Gasteiger partial charge is 0.334 e. The number of halogens is 2. The van der Waals surface area contributed by atoms with Crippen LogP contribution < -0.4 is 0 Å². The van der Waals surface area contributed by atoms with Crippen molar-refractivity contribution in [1.29, 1.82) is 0 Å². The van der Waals surface area contributed by atoms with E-state index in [4.69, 9.17) is 9.84 Å². The summed E-state index contributed by atoms with van der Waals surface area (Å²) in [5, 5.41) is 8.88. The fourth-order valence-corrected chi connectivity index (χ4v) is 2.29. The van der Waals surface area contributed by atoms with Gasteiger partial charge in [0, 0.05) is 22.7 Å². The second-order valence-electron chi connectivity index (χ2n) is 4.48. The van der Waals surface area contributed by atoms with Crippen molar-refractivity contribution in [2.24, 2.45) is 0 Å². The van der Waals surface area contributed by atoms with Gasteiger partial charge in [-0.1, -0.05) is 15.9 Å². The first-order valence-electron chi connectivity index (χ1n) is 6.24. The van der Waals surface area contributed by atoms with Gasteiger partial charge in [0.2, 0.25) is 5.91 Å². The molecule has 1 N–H and O–H groups in total. The molecule has 2 rings (SSSR count). The molecule has 0 spiro atoms. The maximum Gasteiger partial charge on any atom is 0.334 e. The van der Waals surface area contributed by atoms with Crippen molar-refractivity contribution in [3.8, 4) is 0 Å². The summed E-state index contributed by atoms with van der Waals surface area (Å²) in [4.78, 5) is 24.2. The number of rotatable bonds is 3. The number of carbonyl (C=O) groups is 2. The van der Waals surface area contributed by atoms with Gasteiger partial charge in [0.25, 0.3) is 0 Å². The van der Waals surface area contributed by atoms with Gasteiger partial charge in [0.1, 0.15) is 5.82 Å². The maximum atomic E-state index is 13.5. The molecule has 1 aliphatic heterocycles. The number of morpholine rings is 1. The lowest BCUT2D eigenvalue weighted by atomic mass is 10.2. The van der Waals surface area contributed by atoms with Crippen LogP contribution in [0.25, 0.3) is 6.08 Å². The van der Waals surface area contributed by atoms with Crippen LogP contribution in [0.15, 0.2) is 28.7 Å². The van der Waals surface area contributed by atoms with E-state index in [9.17, 15) is 14.0 Å². The van der Waals surface area contributed by atoms with Gasteiger partial charge in [-0.05, 0) is 24.3 Å². The molecule has 1 saturated heterocycles. The van der Waals surface area contributed by atoms with Gasteiger partial charge in [0.05, 0.1) is 13.2 Å². The quantitative estimate of drug-likeness (QED) is 0.839. The molecule has 0 aromatic heterocycles. The Labute approximate surface area is 129 Å². The third-order valence-corrected chi connectivity index (χ3v) is 3.51. The van der Waals surface area contributed by atoms with Crippen LogP contribution in [0.5, 0.6) is 0 Å². The number of ether oxygens (including phenoxy) is 1. The molecule has 1 aliphatic rings. The molecule has 1 aromatic carbocycles. The summed E-state index contributed by atoms with van der Waals surface area (Å²) in [6.07, 6.45) is 1.58. The number of carboxylic acid groups (broad SMARTS) is 1. The van der Waals surface area contributed by atoms with Gasteiger partial charge in [-0.25, -0.2) is 9.18 Å². The van der Waals surface area contributed by atoms with Gasteiger partial charge >= 0.3 is 5.97 Å². The van der Waals surface area contributed by atoms with E-state index in [-0.39, 0.29) is 24.6 Å². The Morgan fingerprint density at radius 2 is 2.24 bits per heavy atom. The molecule has 1 atom stereocenters. The fraction of sp³-hybridized carbons (Fsp3) is 0.286. The maximum absolute atomic E-state index is 13.5. The van der Waals surface area contributed by atoms with E-state index in [2.05, 4.69) is 15.9 Å². The minimum atomic E-state index is -1.10. The van der Waals surface area contributed by atoms with E-state index >= 15 is 0 Å². The summed E-state index contributed by atoms with van der Waals surface area (Å²) in [7, 11) is 0. The number of carboxylic acids is 1. The summed E-state index contributed by atoms with van der Waals surface area (Å²) in [6, 6.07) is 4.41. The second kappa shape index (κ2) is 6.82. The number of hydrogen-bond donors (Lipinski definition) is 1. The Balaban J connectivity index is 2.05. The molecule has 21 heavy (non-hydrogen) atoms. The summed E-state index contributed by atoms with van der Waals surface area (Å²) in [5.41, 5.74) is 0.278. The summed E-state index contributed by atoms with van der Waals surface area (Å²) in [6.45, 7) is 0.467. The third-order valence-electron chi connectivity index (χ3n) is 3.02. The largest absolute Gasteiger partial charge is 0.479 e. The summed E-state index contributed by atoms with van der Waals surface area (Å²) >= 11 is 3.23. The van der Waals surface area contributed by atoms with E-state index in [1.165, 1.54) is 23.1 Å². The molecule has 112 valence electrons. The number of benzene rings is 1. The molecule has 0 bridgehead atoms. The number of nitrogens with zero attached hydrogens (tertiary/aromatic N) is 1. The molecular formula is C14H13BrFNO4. The molecular weight excluding hydrogens is 345 g/mol. The molecule has 0 saturated carbocycles. The topological polar surface area (TPSA) is 66.8 Å². The predicted octanol–water partition coefficient (Wildman–Crippen LogP) is 1.91. The molecule has 7 heteroatoms. The highest BCUT2D eigenvalue weighted by molar-refractivity contribution is 9.10. The van der Waals surface area contributed by atoms with Crippen molar-refractivity contribution in [1.82, 2.24) is 4.90 Å². The zero-order chi connectivity index (χ0) is 15.4. The van der Waals surface area contributed by atoms with Crippen LogP contribution >= 0.6 is 15.9 Å². The van der Waals surface area contributed by atoms with E-state index in [1.54, 1.807) is 12.1 Å². The van der Waals surface area contributed by atoms with E-state index < -0.39 is 17.9 Å².